The van der Waals surface area contributed by atoms with E-state index in [4.69, 9.17) is 0 Å². The van der Waals surface area contributed by atoms with E-state index in [2.05, 4.69) is 34.8 Å². The zero-order chi connectivity index (χ0) is 4.57. The Morgan fingerprint density at radius 2 is 2.33 bits per heavy atom. The van der Waals surface area contributed by atoms with Gasteiger partial charge in [0.15, 0.2) is 0 Å². The molecule has 1 nitrogen and oxygen atoms in total. The summed E-state index contributed by atoms with van der Waals surface area (Å²) >= 11 is 2.40. The predicted molar refractivity (Wildman–Crippen MR) is 35.0 cm³/mol. The Morgan fingerprint density at radius 3 is 2.33 bits per heavy atom. The number of halogens is 1. The van der Waals surface area contributed by atoms with Gasteiger partial charge in [0.25, 0.3) is 0 Å². The van der Waals surface area contributed by atoms with Gasteiger partial charge in [-0.2, -0.15) is 0 Å². The van der Waals surface area contributed by atoms with E-state index in [-0.39, 0.29) is 0 Å². The largest absolute Gasteiger partial charge is 0.303 e. The van der Waals surface area contributed by atoms with Crippen molar-refractivity contribution >= 4 is 22.6 Å². The molecule has 6 heavy (non-hydrogen) atoms. The van der Waals surface area contributed by atoms with Crippen LogP contribution in [0.4, 0.5) is 0 Å². The quantitative estimate of drug-likeness (QED) is 0.348. The lowest BCUT2D eigenvalue weighted by Crippen LogP contribution is -2.46. The second-order valence-electron chi connectivity index (χ2n) is 1.77. The van der Waals surface area contributed by atoms with Crippen LogP contribution in [0.3, 0.4) is 0 Å². The molecule has 1 unspecified atom stereocenters. The van der Waals surface area contributed by atoms with Crippen molar-refractivity contribution in [3.8, 4) is 0 Å². The number of alkyl halides is 1. The highest BCUT2D eigenvalue weighted by Crippen LogP contribution is 2.15. The highest BCUT2D eigenvalue weighted by Gasteiger charge is 2.19. The molecule has 1 rings (SSSR count). The Balaban J connectivity index is 2.11. The van der Waals surface area contributed by atoms with E-state index in [1.807, 2.05) is 0 Å². The van der Waals surface area contributed by atoms with Crippen molar-refractivity contribution in [2.75, 3.05) is 0 Å². The summed E-state index contributed by atoms with van der Waals surface area (Å²) in [6.07, 6.45) is 1.35. The van der Waals surface area contributed by atoms with Crippen molar-refractivity contribution in [3.05, 3.63) is 0 Å². The maximum absolute atomic E-state index is 3.29. The van der Waals surface area contributed by atoms with Gasteiger partial charge < -0.3 is 5.32 Å². The molecule has 0 aromatic rings. The molecule has 0 aliphatic carbocycles. The molecule has 1 aliphatic rings. The Kier molecular flexibility index (Phi) is 1.34. The van der Waals surface area contributed by atoms with Gasteiger partial charge in [0.2, 0.25) is 0 Å². The first-order chi connectivity index (χ1) is 2.79. The topological polar surface area (TPSA) is 12.0 Å². The third-order valence-corrected chi connectivity index (χ3v) is 1.89. The fourth-order valence-corrected chi connectivity index (χ4v) is 1.97. The molecule has 2 atom stereocenters. The van der Waals surface area contributed by atoms with Crippen molar-refractivity contribution in [3.63, 3.8) is 0 Å². The summed E-state index contributed by atoms with van der Waals surface area (Å²) in [7, 11) is 0. The second kappa shape index (κ2) is 1.66. The lowest BCUT2D eigenvalue weighted by atomic mass is 10.1. The van der Waals surface area contributed by atoms with E-state index in [9.17, 15) is 0 Å². The van der Waals surface area contributed by atoms with Crippen molar-refractivity contribution in [2.24, 2.45) is 0 Å². The number of hydrogen-bond donors (Lipinski definition) is 1. The summed E-state index contributed by atoms with van der Waals surface area (Å²) in [6, 6.07) is 0.784. The lowest BCUT2D eigenvalue weighted by molar-refractivity contribution is 0.382. The molecule has 36 valence electrons. The summed E-state index contributed by atoms with van der Waals surface area (Å²) in [5, 5.41) is 3.29. The predicted octanol–water partition coefficient (Wildman–Crippen LogP) is 1.13. The van der Waals surface area contributed by atoms with Crippen molar-refractivity contribution < 1.29 is 0 Å². The van der Waals surface area contributed by atoms with Crippen LogP contribution < -0.4 is 5.32 Å². The third-order valence-electron chi connectivity index (χ3n) is 1.03. The summed E-state index contributed by atoms with van der Waals surface area (Å²) in [6.45, 7) is 2.20. The molecular formula is C4H8IN. The molecule has 1 aliphatic heterocycles. The average molecular weight is 197 g/mol. The smallest absolute Gasteiger partial charge is 0.0610 e. The molecule has 0 bridgehead atoms. The van der Waals surface area contributed by atoms with Crippen LogP contribution >= 0.6 is 22.6 Å². The Bertz CT molecular complexity index is 43.5. The minimum atomic E-state index is 0.762. The molecular weight excluding hydrogens is 189 g/mol. The Morgan fingerprint density at radius 1 is 1.83 bits per heavy atom. The molecule has 0 spiro atoms. The van der Waals surface area contributed by atoms with E-state index in [0.29, 0.717) is 0 Å². The zero-order valence-electron chi connectivity index (χ0n) is 3.74. The third kappa shape index (κ3) is 0.846. The van der Waals surface area contributed by atoms with Gasteiger partial charge in [0, 0.05) is 6.04 Å². The molecule has 0 radical (unpaired) electrons. The van der Waals surface area contributed by atoms with Gasteiger partial charge in [-0.1, -0.05) is 22.6 Å². The molecule has 2 heteroatoms. The van der Waals surface area contributed by atoms with Gasteiger partial charge in [-0.05, 0) is 13.3 Å². The molecule has 0 amide bonds. The zero-order valence-corrected chi connectivity index (χ0v) is 5.90. The standard InChI is InChI=1S/C4H8IN/c1-3-2-4(5)6-3/h3-4,6H,2H2,1H3/t3?,4-/m0/s1. The van der Waals surface area contributed by atoms with Crippen LogP contribution in [0.25, 0.3) is 0 Å². The maximum Gasteiger partial charge on any atom is 0.0610 e. The van der Waals surface area contributed by atoms with Crippen LogP contribution in [0.15, 0.2) is 0 Å². The van der Waals surface area contributed by atoms with E-state index in [1.54, 1.807) is 0 Å². The highest BCUT2D eigenvalue weighted by molar-refractivity contribution is 14.1. The van der Waals surface area contributed by atoms with Crippen LogP contribution in [0, 0.1) is 0 Å². The molecule has 1 saturated heterocycles. The number of rotatable bonds is 0. The summed E-state index contributed by atoms with van der Waals surface area (Å²) in [5.74, 6) is 0. The van der Waals surface area contributed by atoms with E-state index in [0.717, 1.165) is 10.1 Å². The van der Waals surface area contributed by atoms with Crippen LogP contribution in [0.1, 0.15) is 13.3 Å². The van der Waals surface area contributed by atoms with Gasteiger partial charge in [-0.15, -0.1) is 0 Å². The van der Waals surface area contributed by atoms with Crippen LogP contribution in [0.5, 0.6) is 0 Å². The molecule has 0 aromatic heterocycles. The van der Waals surface area contributed by atoms with E-state index < -0.39 is 0 Å². The molecule has 0 saturated carbocycles. The second-order valence-corrected chi connectivity index (χ2v) is 3.27. The van der Waals surface area contributed by atoms with Gasteiger partial charge >= 0.3 is 0 Å². The maximum atomic E-state index is 3.29. The molecule has 1 fully saturated rings. The number of hydrogen-bond acceptors (Lipinski definition) is 1. The summed E-state index contributed by atoms with van der Waals surface area (Å²) in [4.78, 5) is 0. The average Bonchev–Trinajstić information content (AvgIpc) is 1.33. The van der Waals surface area contributed by atoms with Crippen molar-refractivity contribution in [2.45, 2.75) is 23.4 Å². The summed E-state index contributed by atoms with van der Waals surface area (Å²) in [5.41, 5.74) is 0. The first-order valence-corrected chi connectivity index (χ1v) is 3.44. The lowest BCUT2D eigenvalue weighted by Gasteiger charge is -2.29. The monoisotopic (exact) mass is 197 g/mol. The highest BCUT2D eigenvalue weighted by atomic mass is 127. The first kappa shape index (κ1) is 4.84. The van der Waals surface area contributed by atoms with Gasteiger partial charge in [0.05, 0.1) is 4.05 Å². The SMILES string of the molecule is CC1C[C@@H](I)N1. The van der Waals surface area contributed by atoms with Crippen molar-refractivity contribution in [1.29, 1.82) is 0 Å². The van der Waals surface area contributed by atoms with E-state index in [1.165, 1.54) is 6.42 Å². The summed E-state index contributed by atoms with van der Waals surface area (Å²) < 4.78 is 0.762. The van der Waals surface area contributed by atoms with Gasteiger partial charge in [-0.3, -0.25) is 0 Å². The molecule has 1 N–H and O–H groups in total. The Hall–Kier alpha value is 0.690. The van der Waals surface area contributed by atoms with E-state index >= 15 is 0 Å². The molecule has 0 aromatic carbocycles. The normalized spacial score (nSPS) is 45.0. The minimum absolute atomic E-state index is 0.762. The van der Waals surface area contributed by atoms with Gasteiger partial charge in [0.1, 0.15) is 0 Å². The Labute approximate surface area is 51.6 Å². The first-order valence-electron chi connectivity index (χ1n) is 2.19. The minimum Gasteiger partial charge on any atom is -0.303 e. The number of nitrogens with one attached hydrogen (secondary N) is 1. The van der Waals surface area contributed by atoms with Crippen molar-refractivity contribution in [1.82, 2.24) is 5.32 Å². The molecule has 1 heterocycles. The fourth-order valence-electron chi connectivity index (χ4n) is 0.595. The van der Waals surface area contributed by atoms with Crippen LogP contribution in [-0.2, 0) is 0 Å². The fraction of sp³-hybridized carbons (Fsp3) is 1.00. The van der Waals surface area contributed by atoms with Crippen LogP contribution in [0.2, 0.25) is 0 Å². The van der Waals surface area contributed by atoms with Crippen LogP contribution in [-0.4, -0.2) is 10.1 Å². The van der Waals surface area contributed by atoms with Gasteiger partial charge in [-0.25, -0.2) is 0 Å².